The highest BCUT2D eigenvalue weighted by atomic mass is 32.2. The van der Waals surface area contributed by atoms with Crippen molar-refractivity contribution in [2.24, 2.45) is 0 Å². The van der Waals surface area contributed by atoms with Crippen LogP contribution < -0.4 is 0 Å². The van der Waals surface area contributed by atoms with Gasteiger partial charge in [0.1, 0.15) is 0 Å². The summed E-state index contributed by atoms with van der Waals surface area (Å²) in [5.41, 5.74) is 0. The number of benzene rings is 2. The number of carbonyl (C=O) groups is 2. The van der Waals surface area contributed by atoms with E-state index >= 15 is 0 Å². The lowest BCUT2D eigenvalue weighted by atomic mass is 10.1. The Bertz CT molecular complexity index is 948. The zero-order valence-electron chi connectivity index (χ0n) is 14.8. The minimum absolute atomic E-state index is 0.0719. The van der Waals surface area contributed by atoms with Gasteiger partial charge in [-0.3, -0.25) is 9.59 Å². The van der Waals surface area contributed by atoms with Crippen LogP contribution in [-0.4, -0.2) is 53.5 Å². The van der Waals surface area contributed by atoms with Crippen LogP contribution in [0.1, 0.15) is 9.67 Å². The minimum atomic E-state index is 0.0719. The SMILES string of the molecule is O=C(CSc1ccc2ccccc2c1)N1CCN(C(=O)c2cccs2)CC1. The quantitative estimate of drug-likeness (QED) is 0.627. The van der Waals surface area contributed by atoms with E-state index in [2.05, 4.69) is 30.3 Å². The van der Waals surface area contributed by atoms with Crippen molar-refractivity contribution in [2.45, 2.75) is 4.90 Å². The second kappa shape index (κ2) is 8.15. The van der Waals surface area contributed by atoms with Gasteiger partial charge in [-0.25, -0.2) is 0 Å². The first-order valence-corrected chi connectivity index (χ1v) is 10.8. The Morgan fingerprint density at radius 3 is 2.37 bits per heavy atom. The molecule has 1 aliphatic rings. The van der Waals surface area contributed by atoms with Crippen LogP contribution in [0.5, 0.6) is 0 Å². The fourth-order valence-corrected chi connectivity index (χ4v) is 4.75. The highest BCUT2D eigenvalue weighted by Gasteiger charge is 2.25. The number of hydrogen-bond donors (Lipinski definition) is 0. The lowest BCUT2D eigenvalue weighted by Crippen LogP contribution is -2.50. The summed E-state index contributed by atoms with van der Waals surface area (Å²) in [7, 11) is 0. The summed E-state index contributed by atoms with van der Waals surface area (Å²) in [6.07, 6.45) is 0. The van der Waals surface area contributed by atoms with E-state index < -0.39 is 0 Å². The van der Waals surface area contributed by atoms with Crippen LogP contribution >= 0.6 is 23.1 Å². The summed E-state index contributed by atoms with van der Waals surface area (Å²) in [5.74, 6) is 0.635. The van der Waals surface area contributed by atoms with Gasteiger partial charge in [-0.15, -0.1) is 23.1 Å². The Kier molecular flexibility index (Phi) is 5.45. The first-order valence-electron chi connectivity index (χ1n) is 8.93. The largest absolute Gasteiger partial charge is 0.338 e. The van der Waals surface area contributed by atoms with Gasteiger partial charge in [0.2, 0.25) is 5.91 Å². The molecule has 27 heavy (non-hydrogen) atoms. The summed E-state index contributed by atoms with van der Waals surface area (Å²) in [4.78, 5) is 30.5. The van der Waals surface area contributed by atoms with Crippen molar-refractivity contribution < 1.29 is 9.59 Å². The Hall–Kier alpha value is -2.31. The van der Waals surface area contributed by atoms with Gasteiger partial charge in [-0.05, 0) is 34.4 Å². The van der Waals surface area contributed by atoms with Gasteiger partial charge in [0.05, 0.1) is 10.6 Å². The summed E-state index contributed by atoms with van der Waals surface area (Å²) >= 11 is 3.04. The number of fused-ring (bicyclic) bond motifs is 1. The standard InChI is InChI=1S/C21H20N2O2S2/c24-20(15-27-18-8-7-16-4-1-2-5-17(16)14-18)22-9-11-23(12-10-22)21(25)19-6-3-13-26-19/h1-8,13-14H,9-12,15H2. The molecule has 1 fully saturated rings. The molecule has 0 unspecified atom stereocenters. The summed E-state index contributed by atoms with van der Waals surface area (Å²) in [6, 6.07) is 18.3. The highest BCUT2D eigenvalue weighted by molar-refractivity contribution is 8.00. The van der Waals surface area contributed by atoms with E-state index in [1.165, 1.54) is 22.1 Å². The van der Waals surface area contributed by atoms with Crippen molar-refractivity contribution in [1.82, 2.24) is 9.80 Å². The number of hydrogen-bond acceptors (Lipinski definition) is 4. The molecule has 4 rings (SSSR count). The normalized spacial score (nSPS) is 14.5. The molecule has 0 spiro atoms. The molecular formula is C21H20N2O2S2. The molecule has 1 aliphatic heterocycles. The highest BCUT2D eigenvalue weighted by Crippen LogP contribution is 2.24. The number of thioether (sulfide) groups is 1. The van der Waals surface area contributed by atoms with Crippen LogP contribution in [0.2, 0.25) is 0 Å². The number of rotatable bonds is 4. The predicted molar refractivity (Wildman–Crippen MR) is 111 cm³/mol. The Morgan fingerprint density at radius 1 is 0.889 bits per heavy atom. The molecule has 3 aromatic rings. The number of amides is 2. The summed E-state index contributed by atoms with van der Waals surface area (Å²) in [6.45, 7) is 2.41. The zero-order chi connectivity index (χ0) is 18.6. The van der Waals surface area contributed by atoms with E-state index in [1.807, 2.05) is 39.4 Å². The summed E-state index contributed by atoms with van der Waals surface area (Å²) < 4.78 is 0. The van der Waals surface area contributed by atoms with E-state index in [0.29, 0.717) is 31.9 Å². The zero-order valence-corrected chi connectivity index (χ0v) is 16.5. The van der Waals surface area contributed by atoms with Gasteiger partial charge in [-0.1, -0.05) is 36.4 Å². The van der Waals surface area contributed by atoms with Crippen molar-refractivity contribution in [3.05, 3.63) is 64.9 Å². The summed E-state index contributed by atoms with van der Waals surface area (Å²) in [5, 5.41) is 4.31. The fourth-order valence-electron chi connectivity index (χ4n) is 3.21. The second-order valence-corrected chi connectivity index (χ2v) is 8.44. The van der Waals surface area contributed by atoms with Crippen LogP contribution in [0.4, 0.5) is 0 Å². The average Bonchev–Trinajstić information content (AvgIpc) is 3.26. The molecule has 2 aromatic carbocycles. The number of piperazine rings is 1. The third-order valence-corrected chi connectivity index (χ3v) is 6.57. The van der Waals surface area contributed by atoms with E-state index in [4.69, 9.17) is 0 Å². The van der Waals surface area contributed by atoms with Gasteiger partial charge < -0.3 is 9.80 Å². The monoisotopic (exact) mass is 396 g/mol. The number of nitrogens with zero attached hydrogens (tertiary/aromatic N) is 2. The third-order valence-electron chi connectivity index (χ3n) is 4.73. The molecule has 1 aromatic heterocycles. The first-order chi connectivity index (χ1) is 13.2. The maximum Gasteiger partial charge on any atom is 0.264 e. The predicted octanol–water partition coefficient (Wildman–Crippen LogP) is 3.98. The molecule has 0 aliphatic carbocycles. The smallest absolute Gasteiger partial charge is 0.264 e. The third kappa shape index (κ3) is 4.17. The molecule has 1 saturated heterocycles. The molecule has 0 radical (unpaired) electrons. The van der Waals surface area contributed by atoms with Crippen molar-refractivity contribution in [3.63, 3.8) is 0 Å². The van der Waals surface area contributed by atoms with Gasteiger partial charge in [0.25, 0.3) is 5.91 Å². The van der Waals surface area contributed by atoms with Crippen molar-refractivity contribution >= 4 is 45.7 Å². The molecule has 2 heterocycles. The van der Waals surface area contributed by atoms with Crippen LogP contribution in [0, 0.1) is 0 Å². The Balaban J connectivity index is 1.29. The fraction of sp³-hybridized carbons (Fsp3) is 0.238. The van der Waals surface area contributed by atoms with E-state index in [-0.39, 0.29) is 11.8 Å². The molecule has 138 valence electrons. The van der Waals surface area contributed by atoms with Gasteiger partial charge in [-0.2, -0.15) is 0 Å². The lowest BCUT2D eigenvalue weighted by Gasteiger charge is -2.34. The molecule has 0 saturated carbocycles. The van der Waals surface area contributed by atoms with Gasteiger partial charge in [0, 0.05) is 31.1 Å². The van der Waals surface area contributed by atoms with Crippen molar-refractivity contribution in [3.8, 4) is 0 Å². The van der Waals surface area contributed by atoms with Crippen LogP contribution in [0.15, 0.2) is 64.9 Å². The van der Waals surface area contributed by atoms with Crippen LogP contribution in [0.25, 0.3) is 10.8 Å². The van der Waals surface area contributed by atoms with E-state index in [9.17, 15) is 9.59 Å². The first kappa shape index (κ1) is 18.1. The van der Waals surface area contributed by atoms with Crippen molar-refractivity contribution in [1.29, 1.82) is 0 Å². The van der Waals surface area contributed by atoms with Gasteiger partial charge in [0.15, 0.2) is 0 Å². The molecule has 6 heteroatoms. The topological polar surface area (TPSA) is 40.6 Å². The molecule has 0 atom stereocenters. The minimum Gasteiger partial charge on any atom is -0.338 e. The average molecular weight is 397 g/mol. The Labute approximate surface area is 166 Å². The molecule has 4 nitrogen and oxygen atoms in total. The maximum atomic E-state index is 12.5. The van der Waals surface area contributed by atoms with Gasteiger partial charge >= 0.3 is 0 Å². The molecular weight excluding hydrogens is 376 g/mol. The Morgan fingerprint density at radius 2 is 1.63 bits per heavy atom. The van der Waals surface area contributed by atoms with E-state index in [1.54, 1.807) is 11.8 Å². The maximum absolute atomic E-state index is 12.5. The van der Waals surface area contributed by atoms with Crippen LogP contribution in [0.3, 0.4) is 0 Å². The number of carbonyl (C=O) groups excluding carboxylic acids is 2. The second-order valence-electron chi connectivity index (χ2n) is 6.45. The van der Waals surface area contributed by atoms with Crippen LogP contribution in [-0.2, 0) is 4.79 Å². The molecule has 0 N–H and O–H groups in total. The molecule has 0 bridgehead atoms. The molecule has 2 amide bonds. The number of thiophene rings is 1. The van der Waals surface area contributed by atoms with Crippen molar-refractivity contribution in [2.75, 3.05) is 31.9 Å². The lowest BCUT2D eigenvalue weighted by molar-refractivity contribution is -0.129. The van der Waals surface area contributed by atoms with E-state index in [0.717, 1.165) is 9.77 Å².